The molecule has 1 amide bonds. The minimum atomic E-state index is -2.47. The van der Waals surface area contributed by atoms with Crippen molar-refractivity contribution in [2.45, 2.75) is 207 Å². The van der Waals surface area contributed by atoms with Gasteiger partial charge in [0.2, 0.25) is 11.7 Å². The van der Waals surface area contributed by atoms with Crippen LogP contribution >= 0.6 is 11.3 Å². The van der Waals surface area contributed by atoms with E-state index in [2.05, 4.69) is 10.6 Å². The van der Waals surface area contributed by atoms with Crippen LogP contribution in [0.4, 0.5) is 0 Å². The van der Waals surface area contributed by atoms with Crippen molar-refractivity contribution in [1.29, 1.82) is 0 Å². The summed E-state index contributed by atoms with van der Waals surface area (Å²) in [5.41, 5.74) is 0. The van der Waals surface area contributed by atoms with E-state index >= 15 is 0 Å². The molecule has 5 rings (SSSR count). The van der Waals surface area contributed by atoms with Crippen LogP contribution in [0, 0.1) is 17.8 Å². The van der Waals surface area contributed by atoms with Gasteiger partial charge in [0.05, 0.1) is 98.7 Å². The predicted molar refractivity (Wildman–Crippen MR) is 303 cm³/mol. The molecular formula is C59H90N2O21S. The molecule has 1 aromatic rings. The van der Waals surface area contributed by atoms with Gasteiger partial charge >= 0.3 is 5.97 Å². The van der Waals surface area contributed by atoms with Gasteiger partial charge in [0.15, 0.2) is 12.1 Å². The molecule has 1 aromatic heterocycles. The van der Waals surface area contributed by atoms with Crippen LogP contribution in [0.15, 0.2) is 103 Å². The van der Waals surface area contributed by atoms with E-state index in [1.807, 2.05) is 30.5 Å². The summed E-state index contributed by atoms with van der Waals surface area (Å²) in [5, 5.41) is 162. The quantitative estimate of drug-likeness (QED) is 0.138. The second kappa shape index (κ2) is 33.8. The summed E-state index contributed by atoms with van der Waals surface area (Å²) in [6, 6.07) is 2.42. The largest absolute Gasteiger partial charge is 0.462 e. The van der Waals surface area contributed by atoms with E-state index in [1.54, 1.807) is 86.8 Å². The maximum Gasteiger partial charge on any atom is 0.308 e. The van der Waals surface area contributed by atoms with Crippen LogP contribution in [-0.2, 0) is 39.7 Å². The minimum Gasteiger partial charge on any atom is -0.462 e. The molecule has 0 spiro atoms. The molecular weight excluding hydrogens is 1100 g/mol. The van der Waals surface area contributed by atoms with Gasteiger partial charge in [-0.2, -0.15) is 0 Å². The second-order valence-electron chi connectivity index (χ2n) is 22.3. The first kappa shape index (κ1) is 69.8. The molecule has 468 valence electrons. The molecule has 4 unspecified atom stereocenters. The summed E-state index contributed by atoms with van der Waals surface area (Å²) in [5.74, 6) is -8.37. The van der Waals surface area contributed by atoms with Crippen LogP contribution in [-0.4, -0.2) is 225 Å². The lowest BCUT2D eigenvalue weighted by Gasteiger charge is -2.47. The van der Waals surface area contributed by atoms with E-state index in [9.17, 15) is 81.1 Å². The molecule has 0 aromatic carbocycles. The lowest BCUT2D eigenvalue weighted by Crippen LogP contribution is -2.69. The molecule has 4 aliphatic heterocycles. The van der Waals surface area contributed by atoms with Crippen molar-refractivity contribution in [2.24, 2.45) is 17.8 Å². The highest BCUT2D eigenvalue weighted by molar-refractivity contribution is 7.09. The van der Waals surface area contributed by atoms with Crippen LogP contribution in [0.2, 0.25) is 0 Å². The zero-order valence-corrected chi connectivity index (χ0v) is 48.3. The van der Waals surface area contributed by atoms with Gasteiger partial charge in [-0.3, -0.25) is 9.59 Å². The van der Waals surface area contributed by atoms with Crippen LogP contribution in [0.3, 0.4) is 0 Å². The molecule has 24 heteroatoms. The summed E-state index contributed by atoms with van der Waals surface area (Å²) >= 11 is 1.49. The Bertz CT molecular complexity index is 2320. The van der Waals surface area contributed by atoms with E-state index in [4.69, 9.17) is 23.7 Å². The third-order valence-corrected chi connectivity index (χ3v) is 16.4. The predicted octanol–water partition coefficient (Wildman–Crippen LogP) is -0.520. The van der Waals surface area contributed by atoms with Crippen molar-refractivity contribution in [2.75, 3.05) is 19.7 Å². The molecule has 0 saturated carbocycles. The Kier molecular flexibility index (Phi) is 28.5. The van der Waals surface area contributed by atoms with E-state index < -0.39 is 184 Å². The van der Waals surface area contributed by atoms with Gasteiger partial charge in [-0.25, -0.2) is 0 Å². The highest BCUT2D eigenvalue weighted by Crippen LogP contribution is 2.39. The number of aliphatic hydroxyl groups excluding tert-OH is 12. The van der Waals surface area contributed by atoms with Crippen LogP contribution in [0.25, 0.3) is 0 Å². The van der Waals surface area contributed by atoms with Gasteiger partial charge in [0.25, 0.3) is 0 Å². The molecule has 2 bridgehead atoms. The van der Waals surface area contributed by atoms with Crippen LogP contribution in [0.1, 0.15) is 83.9 Å². The number of aliphatic hydroxyl groups is 14. The SMILES string of the molecule is CC1[C@H](C)OC(=O)C[C@H](O)C[C@H](O)CC[C@@H](O)[C@H](O)C[C@H](O)C[C@]2(O)C[C@H](O)C(C(=O)NCCc3cccs3)C(C[C@@H](OC3O[C@H](C)[C@@H](O)[C@H](NC[C@@]4(O)OC[C@@H](O)[C@H](O)[C@@H]4O)[C@@H]3O)/C=C/C=C/C=C/C=C/C=C/C=C/C=C/[C@H](C)[C@H]1O)O2. The van der Waals surface area contributed by atoms with Gasteiger partial charge < -0.3 is 106 Å². The van der Waals surface area contributed by atoms with Gasteiger partial charge in [-0.15, -0.1) is 11.3 Å². The number of hydrogen-bond donors (Lipinski definition) is 16. The number of amides is 1. The number of ether oxygens (including phenoxy) is 5. The highest BCUT2D eigenvalue weighted by atomic mass is 32.1. The first-order valence-electron chi connectivity index (χ1n) is 28.5. The normalized spacial score (nSPS) is 43.8. The number of cyclic esters (lactones) is 1. The van der Waals surface area contributed by atoms with Crippen molar-refractivity contribution in [3.63, 3.8) is 0 Å². The fraction of sp³-hybridized carbons (Fsp3) is 0.661. The fourth-order valence-corrected chi connectivity index (χ4v) is 11.1. The number of thiophene rings is 1. The first-order chi connectivity index (χ1) is 39.3. The van der Waals surface area contributed by atoms with E-state index in [0.717, 1.165) is 4.88 Å². The highest BCUT2D eigenvalue weighted by Gasteiger charge is 2.53. The number of nitrogens with one attached hydrogen (secondary N) is 2. The monoisotopic (exact) mass is 1190 g/mol. The number of fused-ring (bicyclic) bond motifs is 2. The number of allylic oxidation sites excluding steroid dienone is 12. The molecule has 16 N–H and O–H groups in total. The zero-order valence-electron chi connectivity index (χ0n) is 47.5. The zero-order chi connectivity index (χ0) is 61.0. The lowest BCUT2D eigenvalue weighted by molar-refractivity contribution is -0.323. The Morgan fingerprint density at radius 1 is 0.687 bits per heavy atom. The maximum absolute atomic E-state index is 14.1. The maximum atomic E-state index is 14.1. The third-order valence-electron chi connectivity index (χ3n) is 15.5. The van der Waals surface area contributed by atoms with E-state index in [-0.39, 0.29) is 38.1 Å². The van der Waals surface area contributed by atoms with Crippen LogP contribution in [0.5, 0.6) is 0 Å². The van der Waals surface area contributed by atoms with Crippen molar-refractivity contribution < 1.29 is 105 Å². The Morgan fingerprint density at radius 3 is 1.96 bits per heavy atom. The smallest absolute Gasteiger partial charge is 0.308 e. The Labute approximate surface area is 488 Å². The Morgan fingerprint density at radius 2 is 1.33 bits per heavy atom. The van der Waals surface area contributed by atoms with Crippen molar-refractivity contribution in [3.05, 3.63) is 107 Å². The van der Waals surface area contributed by atoms with E-state index in [1.165, 1.54) is 24.3 Å². The van der Waals surface area contributed by atoms with Gasteiger partial charge in [0, 0.05) is 48.9 Å². The minimum absolute atomic E-state index is 0.130. The summed E-state index contributed by atoms with van der Waals surface area (Å²) in [7, 11) is 0. The molecule has 5 heterocycles. The first-order valence-corrected chi connectivity index (χ1v) is 29.3. The second-order valence-corrected chi connectivity index (χ2v) is 23.4. The van der Waals surface area contributed by atoms with Gasteiger partial charge in [-0.1, -0.05) is 105 Å². The molecule has 0 aliphatic carbocycles. The number of rotatable bonds is 9. The molecule has 23 atom stereocenters. The van der Waals surface area contributed by atoms with Crippen molar-refractivity contribution >= 4 is 23.2 Å². The van der Waals surface area contributed by atoms with Gasteiger partial charge in [-0.05, 0) is 51.0 Å². The summed E-state index contributed by atoms with van der Waals surface area (Å²) in [6.07, 6.45) is -2.57. The van der Waals surface area contributed by atoms with Crippen molar-refractivity contribution in [3.8, 4) is 0 Å². The van der Waals surface area contributed by atoms with Crippen molar-refractivity contribution in [1.82, 2.24) is 10.6 Å². The number of hydrogen-bond acceptors (Lipinski definition) is 23. The summed E-state index contributed by atoms with van der Waals surface area (Å²) in [6.45, 7) is 5.65. The summed E-state index contributed by atoms with van der Waals surface area (Å²) in [4.78, 5) is 27.9. The lowest BCUT2D eigenvalue weighted by atomic mass is 9.82. The standard InChI is InChI=1S/C59H90N2O21S/c1-34-18-15-13-11-9-7-5-6-8-10-12-14-16-19-41(81-57-54(73)50(52(71)37(4)80-57)61-33-59(77)55(74)53(72)46(68)32-78-59)29-47-49(56(75)60-24-23-42-20-17-25-83-42)45(67)31-58(76,82-47)30-40(64)27-44(66)43(65)22-21-38(62)26-39(63)28-48(69)79-36(3)35(2)51(34)70/h5-20,25,34-41,43-47,49-55,57,61-68,70-74,76-77H,21-24,26-33H2,1-4H3,(H,60,75)/b6-5+,9-7+,10-8+,13-11+,14-12+,18-15+,19-16+/t34-,35?,36-,37+,38+,39+,40-,41-,43+,44+,45-,46+,47?,49?,50-,51+,52+,53-,54-,55-,57?,58+,59+/m0/s1. The Hall–Kier alpha value is -3.94. The number of carbonyl (C=O) groups is 2. The number of esters is 1. The molecule has 23 nitrogen and oxygen atoms in total. The average molecular weight is 1200 g/mol. The molecule has 0 radical (unpaired) electrons. The summed E-state index contributed by atoms with van der Waals surface area (Å²) < 4.78 is 29.5. The molecule has 83 heavy (non-hydrogen) atoms. The molecule has 3 fully saturated rings. The van der Waals surface area contributed by atoms with E-state index in [0.29, 0.717) is 6.42 Å². The Balaban J connectivity index is 1.42. The van der Waals surface area contributed by atoms with Crippen LogP contribution < -0.4 is 10.6 Å². The van der Waals surface area contributed by atoms with Gasteiger partial charge in [0.1, 0.15) is 30.5 Å². The topological polar surface area (TPSA) is 388 Å². The fourth-order valence-electron chi connectivity index (χ4n) is 10.4. The number of carbonyl (C=O) groups excluding carboxylic acids is 2. The average Bonchev–Trinajstić information content (AvgIpc) is 4.12. The third kappa shape index (κ3) is 21.8. The molecule has 4 aliphatic rings. The molecule has 3 saturated heterocycles.